The smallest absolute Gasteiger partial charge is 0.116 e. The van der Waals surface area contributed by atoms with Gasteiger partial charge in [-0.05, 0) is 31.0 Å². The van der Waals surface area contributed by atoms with Gasteiger partial charge in [0.15, 0.2) is 0 Å². The molecule has 0 amide bonds. The van der Waals surface area contributed by atoms with Gasteiger partial charge < -0.3 is 10.2 Å². The minimum absolute atomic E-state index is 0.243. The predicted octanol–water partition coefficient (Wildman–Crippen LogP) is 2.96. The maximum atomic E-state index is 9.90. The molecule has 2 nitrogen and oxygen atoms in total. The molecule has 0 aliphatic carbocycles. The highest BCUT2D eigenvalue weighted by atomic mass is 16.3. The van der Waals surface area contributed by atoms with Crippen molar-refractivity contribution in [2.45, 2.75) is 32.3 Å². The summed E-state index contributed by atoms with van der Waals surface area (Å²) in [5.41, 5.74) is 0.131. The first-order valence-corrected chi connectivity index (χ1v) is 5.24. The second kappa shape index (κ2) is 4.99. The predicted molar refractivity (Wildman–Crippen MR) is 62.7 cm³/mol. The van der Waals surface area contributed by atoms with Crippen LogP contribution in [0.15, 0.2) is 30.3 Å². The fourth-order valence-electron chi connectivity index (χ4n) is 1.49. The number of aromatic hydroxyl groups is 1. The first-order valence-electron chi connectivity index (χ1n) is 5.24. The van der Waals surface area contributed by atoms with Crippen molar-refractivity contribution >= 4 is 6.08 Å². The molecule has 0 saturated carbocycles. The summed E-state index contributed by atoms with van der Waals surface area (Å²) in [4.78, 5) is 0. The highest BCUT2D eigenvalue weighted by molar-refractivity contribution is 5.52. The van der Waals surface area contributed by atoms with Gasteiger partial charge in [0.2, 0.25) is 0 Å². The van der Waals surface area contributed by atoms with Crippen molar-refractivity contribution in [1.29, 1.82) is 0 Å². The standard InChI is InChI=1S/C13H18O2/c1-3-8-13(2,15)9-7-11-5-4-6-12(14)10-11/h4-7,9-10,14-15H,3,8H2,1-2H3. The number of hydrogen-bond donors (Lipinski definition) is 2. The molecule has 15 heavy (non-hydrogen) atoms. The molecule has 0 spiro atoms. The van der Waals surface area contributed by atoms with E-state index in [-0.39, 0.29) is 5.75 Å². The molecule has 1 unspecified atom stereocenters. The Kier molecular flexibility index (Phi) is 3.92. The van der Waals surface area contributed by atoms with Crippen LogP contribution in [0.5, 0.6) is 5.75 Å². The van der Waals surface area contributed by atoms with Crippen LogP contribution in [0.2, 0.25) is 0 Å². The maximum absolute atomic E-state index is 9.90. The van der Waals surface area contributed by atoms with Gasteiger partial charge >= 0.3 is 0 Å². The molecular formula is C13H18O2. The van der Waals surface area contributed by atoms with Gasteiger partial charge in [-0.1, -0.05) is 37.6 Å². The number of aliphatic hydroxyl groups is 1. The first kappa shape index (κ1) is 11.8. The van der Waals surface area contributed by atoms with E-state index in [1.807, 2.05) is 19.1 Å². The van der Waals surface area contributed by atoms with Crippen LogP contribution < -0.4 is 0 Å². The third kappa shape index (κ3) is 4.17. The highest BCUT2D eigenvalue weighted by Gasteiger charge is 2.13. The summed E-state index contributed by atoms with van der Waals surface area (Å²) in [5, 5.41) is 19.1. The van der Waals surface area contributed by atoms with Crippen molar-refractivity contribution in [3.8, 4) is 5.75 Å². The SMILES string of the molecule is CCCC(C)(O)C=Cc1cccc(O)c1. The van der Waals surface area contributed by atoms with Crippen LogP contribution in [-0.2, 0) is 0 Å². The molecule has 0 fully saturated rings. The zero-order chi connectivity index (χ0) is 11.3. The van der Waals surface area contributed by atoms with E-state index in [0.29, 0.717) is 0 Å². The second-order valence-electron chi connectivity index (χ2n) is 4.04. The molecule has 1 aromatic rings. The molecule has 0 bridgehead atoms. The van der Waals surface area contributed by atoms with E-state index >= 15 is 0 Å². The number of hydrogen-bond acceptors (Lipinski definition) is 2. The van der Waals surface area contributed by atoms with Crippen LogP contribution in [0.25, 0.3) is 6.08 Å². The van der Waals surface area contributed by atoms with Crippen LogP contribution in [0.1, 0.15) is 32.3 Å². The van der Waals surface area contributed by atoms with Crippen LogP contribution in [0.4, 0.5) is 0 Å². The summed E-state index contributed by atoms with van der Waals surface area (Å²) in [6.45, 7) is 3.83. The van der Waals surface area contributed by atoms with E-state index in [9.17, 15) is 10.2 Å². The zero-order valence-electron chi connectivity index (χ0n) is 9.27. The average molecular weight is 206 g/mol. The highest BCUT2D eigenvalue weighted by Crippen LogP contribution is 2.17. The van der Waals surface area contributed by atoms with E-state index in [1.165, 1.54) is 0 Å². The summed E-state index contributed by atoms with van der Waals surface area (Å²) >= 11 is 0. The van der Waals surface area contributed by atoms with Crippen LogP contribution in [-0.4, -0.2) is 15.8 Å². The summed E-state index contributed by atoms with van der Waals surface area (Å²) in [6.07, 6.45) is 5.28. The lowest BCUT2D eigenvalue weighted by molar-refractivity contribution is 0.102. The van der Waals surface area contributed by atoms with Crippen LogP contribution in [0.3, 0.4) is 0 Å². The third-order valence-electron chi connectivity index (χ3n) is 2.26. The Labute approximate surface area is 90.9 Å². The molecule has 0 heterocycles. The summed E-state index contributed by atoms with van der Waals surface area (Å²) in [7, 11) is 0. The van der Waals surface area contributed by atoms with Gasteiger partial charge in [-0.25, -0.2) is 0 Å². The molecule has 1 rings (SSSR count). The molecule has 1 aromatic carbocycles. The Morgan fingerprint density at radius 1 is 1.40 bits per heavy atom. The molecular weight excluding hydrogens is 188 g/mol. The third-order valence-corrected chi connectivity index (χ3v) is 2.26. The Morgan fingerprint density at radius 3 is 2.73 bits per heavy atom. The number of benzene rings is 1. The van der Waals surface area contributed by atoms with Gasteiger partial charge in [-0.3, -0.25) is 0 Å². The molecule has 0 aromatic heterocycles. The van der Waals surface area contributed by atoms with Crippen LogP contribution >= 0.6 is 0 Å². The van der Waals surface area contributed by atoms with Crippen molar-refractivity contribution in [1.82, 2.24) is 0 Å². The number of phenols is 1. The number of rotatable bonds is 4. The lowest BCUT2D eigenvalue weighted by Crippen LogP contribution is -2.19. The Balaban J connectivity index is 2.72. The van der Waals surface area contributed by atoms with E-state index in [2.05, 4.69) is 0 Å². The van der Waals surface area contributed by atoms with Gasteiger partial charge in [0.25, 0.3) is 0 Å². The molecule has 0 aliphatic rings. The van der Waals surface area contributed by atoms with Crippen molar-refractivity contribution < 1.29 is 10.2 Å². The maximum Gasteiger partial charge on any atom is 0.116 e. The molecule has 1 atom stereocenters. The van der Waals surface area contributed by atoms with Crippen molar-refractivity contribution in [2.75, 3.05) is 0 Å². The minimum atomic E-state index is -0.764. The average Bonchev–Trinajstić information content (AvgIpc) is 2.15. The quantitative estimate of drug-likeness (QED) is 0.795. The van der Waals surface area contributed by atoms with Crippen molar-refractivity contribution in [3.05, 3.63) is 35.9 Å². The van der Waals surface area contributed by atoms with Crippen molar-refractivity contribution in [3.63, 3.8) is 0 Å². The Morgan fingerprint density at radius 2 is 2.13 bits per heavy atom. The normalized spacial score (nSPS) is 15.4. The lowest BCUT2D eigenvalue weighted by atomic mass is 9.99. The lowest BCUT2D eigenvalue weighted by Gasteiger charge is -2.17. The Bertz CT molecular complexity index is 340. The van der Waals surface area contributed by atoms with Crippen LogP contribution in [0, 0.1) is 0 Å². The summed E-state index contributed by atoms with van der Waals surface area (Å²) < 4.78 is 0. The minimum Gasteiger partial charge on any atom is -0.508 e. The largest absolute Gasteiger partial charge is 0.508 e. The molecule has 0 aliphatic heterocycles. The number of phenolic OH excluding ortho intramolecular Hbond substituents is 1. The van der Waals surface area contributed by atoms with Gasteiger partial charge in [0, 0.05) is 0 Å². The van der Waals surface area contributed by atoms with Crippen molar-refractivity contribution in [2.24, 2.45) is 0 Å². The topological polar surface area (TPSA) is 40.5 Å². The van der Waals surface area contributed by atoms with E-state index in [0.717, 1.165) is 18.4 Å². The first-order chi connectivity index (χ1) is 7.03. The molecule has 2 N–H and O–H groups in total. The molecule has 82 valence electrons. The van der Waals surface area contributed by atoms with E-state index in [4.69, 9.17) is 0 Å². The monoisotopic (exact) mass is 206 g/mol. The van der Waals surface area contributed by atoms with Gasteiger partial charge in [0.1, 0.15) is 5.75 Å². The van der Waals surface area contributed by atoms with Gasteiger partial charge in [-0.15, -0.1) is 0 Å². The Hall–Kier alpha value is -1.28. The fraction of sp³-hybridized carbons (Fsp3) is 0.385. The van der Waals surface area contributed by atoms with Gasteiger partial charge in [-0.2, -0.15) is 0 Å². The van der Waals surface area contributed by atoms with E-state index in [1.54, 1.807) is 31.2 Å². The summed E-state index contributed by atoms with van der Waals surface area (Å²) in [6, 6.07) is 6.96. The second-order valence-corrected chi connectivity index (χ2v) is 4.04. The van der Waals surface area contributed by atoms with Gasteiger partial charge in [0.05, 0.1) is 5.60 Å². The van der Waals surface area contributed by atoms with E-state index < -0.39 is 5.60 Å². The molecule has 2 heteroatoms. The summed E-state index contributed by atoms with van der Waals surface area (Å²) in [5.74, 6) is 0.243. The fourth-order valence-corrected chi connectivity index (χ4v) is 1.49. The molecule has 0 radical (unpaired) electrons. The molecule has 0 saturated heterocycles. The zero-order valence-corrected chi connectivity index (χ0v) is 9.27.